The summed E-state index contributed by atoms with van der Waals surface area (Å²) in [5.74, 6) is -0.0988. The van der Waals surface area contributed by atoms with Gasteiger partial charge < -0.3 is 10.5 Å². The summed E-state index contributed by atoms with van der Waals surface area (Å²) >= 11 is 3.27. The third kappa shape index (κ3) is 3.01. The topological polar surface area (TPSA) is 95.9 Å². The summed E-state index contributed by atoms with van der Waals surface area (Å²) in [6.07, 6.45) is 1.33. The fraction of sp³-hybridized carbons (Fsp3) is 0.455. The molecule has 2 N–H and O–H groups in total. The first kappa shape index (κ1) is 13.7. The number of nitrogens with zero attached hydrogens (tertiary/aromatic N) is 4. The van der Waals surface area contributed by atoms with E-state index in [-0.39, 0.29) is 18.3 Å². The number of hydrogen-bond donors (Lipinski definition) is 1. The van der Waals surface area contributed by atoms with Crippen LogP contribution in [0.1, 0.15) is 20.8 Å². The Kier molecular flexibility index (Phi) is 3.44. The number of ether oxygens (including phenoxy) is 1. The normalized spacial score (nSPS) is 11.8. The molecule has 0 amide bonds. The highest BCUT2D eigenvalue weighted by molar-refractivity contribution is 9.10. The molecule has 2 rings (SSSR count). The summed E-state index contributed by atoms with van der Waals surface area (Å²) in [6, 6.07) is 0. The molecule has 0 spiro atoms. The van der Waals surface area contributed by atoms with Gasteiger partial charge in [0.15, 0.2) is 21.7 Å². The second kappa shape index (κ2) is 4.76. The van der Waals surface area contributed by atoms with E-state index in [9.17, 15) is 4.79 Å². The van der Waals surface area contributed by atoms with E-state index in [1.165, 1.54) is 6.33 Å². The van der Waals surface area contributed by atoms with Gasteiger partial charge in [0.1, 0.15) is 18.5 Å². The number of fused-ring (bicyclic) bond motifs is 1. The van der Waals surface area contributed by atoms with Crippen LogP contribution in [0.3, 0.4) is 0 Å². The minimum Gasteiger partial charge on any atom is -0.459 e. The van der Waals surface area contributed by atoms with Crippen molar-refractivity contribution >= 4 is 38.9 Å². The largest absolute Gasteiger partial charge is 0.459 e. The van der Waals surface area contributed by atoms with Gasteiger partial charge in [-0.1, -0.05) is 0 Å². The molecule has 2 heterocycles. The van der Waals surface area contributed by atoms with Gasteiger partial charge in [0.05, 0.1) is 0 Å². The van der Waals surface area contributed by atoms with E-state index in [0.29, 0.717) is 15.9 Å². The molecule has 0 radical (unpaired) electrons. The summed E-state index contributed by atoms with van der Waals surface area (Å²) in [4.78, 5) is 24.0. The van der Waals surface area contributed by atoms with E-state index >= 15 is 0 Å². The summed E-state index contributed by atoms with van der Waals surface area (Å²) < 4.78 is 7.31. The van der Waals surface area contributed by atoms with Crippen molar-refractivity contribution < 1.29 is 9.53 Å². The maximum absolute atomic E-state index is 11.8. The Labute approximate surface area is 118 Å². The Morgan fingerprint density at radius 2 is 2.16 bits per heavy atom. The lowest BCUT2D eigenvalue weighted by molar-refractivity contribution is -0.155. The van der Waals surface area contributed by atoms with Crippen LogP contribution in [0.5, 0.6) is 0 Å². The third-order valence-corrected chi connectivity index (χ3v) is 2.83. The molecule has 0 saturated heterocycles. The van der Waals surface area contributed by atoms with Gasteiger partial charge in [-0.25, -0.2) is 15.0 Å². The predicted molar refractivity (Wildman–Crippen MR) is 73.3 cm³/mol. The molecule has 19 heavy (non-hydrogen) atoms. The molecule has 2 aromatic heterocycles. The highest BCUT2D eigenvalue weighted by Gasteiger charge is 2.20. The summed E-state index contributed by atoms with van der Waals surface area (Å²) in [5, 5.41) is 0. The zero-order valence-corrected chi connectivity index (χ0v) is 12.4. The fourth-order valence-corrected chi connectivity index (χ4v) is 2.04. The molecule has 0 unspecified atom stereocenters. The van der Waals surface area contributed by atoms with E-state index in [2.05, 4.69) is 30.9 Å². The van der Waals surface area contributed by atoms with Crippen LogP contribution < -0.4 is 5.73 Å². The van der Waals surface area contributed by atoms with E-state index in [1.54, 1.807) is 4.57 Å². The fourth-order valence-electron chi connectivity index (χ4n) is 1.57. The van der Waals surface area contributed by atoms with Crippen molar-refractivity contribution in [3.8, 4) is 0 Å². The van der Waals surface area contributed by atoms with Gasteiger partial charge in [-0.2, -0.15) is 0 Å². The second-order valence-corrected chi connectivity index (χ2v) is 5.69. The number of esters is 1. The van der Waals surface area contributed by atoms with Crippen LogP contribution in [0.25, 0.3) is 11.2 Å². The highest BCUT2D eigenvalue weighted by Crippen LogP contribution is 2.21. The monoisotopic (exact) mass is 327 g/mol. The molecule has 0 fully saturated rings. The number of hydrogen-bond acceptors (Lipinski definition) is 6. The standard InChI is InChI=1S/C11H14BrN5O2/c1-11(2,3)19-6(18)4-17-9-7(16-10(17)12)8(13)14-5-15-9/h5H,4H2,1-3H3,(H2,13,14,15). The van der Waals surface area contributed by atoms with Crippen molar-refractivity contribution in [3.05, 3.63) is 11.1 Å². The Balaban J connectivity index is 2.33. The molecule has 0 aliphatic heterocycles. The first-order chi connectivity index (χ1) is 8.78. The average molecular weight is 328 g/mol. The molecule has 0 bridgehead atoms. The average Bonchev–Trinajstić information content (AvgIpc) is 2.55. The van der Waals surface area contributed by atoms with Gasteiger partial charge >= 0.3 is 5.97 Å². The van der Waals surface area contributed by atoms with Crippen LogP contribution in [0, 0.1) is 0 Å². The molecule has 8 heteroatoms. The smallest absolute Gasteiger partial charge is 0.326 e. The Hall–Kier alpha value is -1.70. The summed E-state index contributed by atoms with van der Waals surface area (Å²) in [5.41, 5.74) is 6.12. The van der Waals surface area contributed by atoms with Crippen molar-refractivity contribution in [1.29, 1.82) is 0 Å². The SMILES string of the molecule is CC(C)(C)OC(=O)Cn1c(Br)nc2c(N)ncnc21. The third-order valence-electron chi connectivity index (χ3n) is 2.22. The van der Waals surface area contributed by atoms with E-state index < -0.39 is 5.60 Å². The number of carbonyl (C=O) groups is 1. The Morgan fingerprint density at radius 3 is 2.79 bits per heavy atom. The number of anilines is 1. The molecule has 102 valence electrons. The van der Waals surface area contributed by atoms with E-state index in [4.69, 9.17) is 10.5 Å². The molecule has 0 aliphatic carbocycles. The van der Waals surface area contributed by atoms with Crippen LogP contribution >= 0.6 is 15.9 Å². The van der Waals surface area contributed by atoms with Crippen LogP contribution in [-0.4, -0.2) is 31.1 Å². The zero-order chi connectivity index (χ0) is 14.2. The molecule has 2 aromatic rings. The van der Waals surface area contributed by atoms with Crippen molar-refractivity contribution in [2.24, 2.45) is 0 Å². The molecule has 7 nitrogen and oxygen atoms in total. The van der Waals surface area contributed by atoms with E-state index in [0.717, 1.165) is 0 Å². The van der Waals surface area contributed by atoms with Crippen LogP contribution in [0.4, 0.5) is 5.82 Å². The first-order valence-corrected chi connectivity index (χ1v) is 6.41. The lowest BCUT2D eigenvalue weighted by Crippen LogP contribution is -2.26. The zero-order valence-electron chi connectivity index (χ0n) is 10.8. The molecule has 0 atom stereocenters. The van der Waals surface area contributed by atoms with Gasteiger partial charge in [-0.3, -0.25) is 9.36 Å². The van der Waals surface area contributed by atoms with Gasteiger partial charge in [0.25, 0.3) is 0 Å². The van der Waals surface area contributed by atoms with Crippen LogP contribution in [0.15, 0.2) is 11.1 Å². The quantitative estimate of drug-likeness (QED) is 0.663. The lowest BCUT2D eigenvalue weighted by Gasteiger charge is -2.19. The van der Waals surface area contributed by atoms with Crippen LogP contribution in [-0.2, 0) is 16.1 Å². The second-order valence-electron chi connectivity index (χ2n) is 4.98. The van der Waals surface area contributed by atoms with Crippen molar-refractivity contribution in [3.63, 3.8) is 0 Å². The maximum Gasteiger partial charge on any atom is 0.326 e. The molecular weight excluding hydrogens is 314 g/mol. The Bertz CT molecular complexity index is 632. The molecule has 0 aromatic carbocycles. The Morgan fingerprint density at radius 1 is 1.47 bits per heavy atom. The summed E-state index contributed by atoms with van der Waals surface area (Å²) in [7, 11) is 0. The minimum absolute atomic E-state index is 0.00477. The molecule has 0 saturated carbocycles. The molecular formula is C11H14BrN5O2. The molecule has 0 aliphatic rings. The van der Waals surface area contributed by atoms with Crippen molar-refractivity contribution in [2.45, 2.75) is 32.9 Å². The maximum atomic E-state index is 11.8. The minimum atomic E-state index is -0.534. The van der Waals surface area contributed by atoms with Gasteiger partial charge in [0, 0.05) is 0 Å². The number of halogens is 1. The highest BCUT2D eigenvalue weighted by atomic mass is 79.9. The van der Waals surface area contributed by atoms with Crippen LogP contribution in [0.2, 0.25) is 0 Å². The van der Waals surface area contributed by atoms with Crippen molar-refractivity contribution in [1.82, 2.24) is 19.5 Å². The van der Waals surface area contributed by atoms with E-state index in [1.807, 2.05) is 20.8 Å². The lowest BCUT2D eigenvalue weighted by atomic mass is 10.2. The number of aromatic nitrogens is 4. The number of imidazole rings is 1. The number of carbonyl (C=O) groups excluding carboxylic acids is 1. The predicted octanol–water partition coefficient (Wildman–Crippen LogP) is 1.51. The number of nitrogens with two attached hydrogens (primary N) is 1. The van der Waals surface area contributed by atoms with Gasteiger partial charge in [-0.15, -0.1) is 0 Å². The summed E-state index contributed by atoms with van der Waals surface area (Å²) in [6.45, 7) is 5.44. The number of nitrogen functional groups attached to an aromatic ring is 1. The number of rotatable bonds is 2. The first-order valence-electron chi connectivity index (χ1n) is 5.62. The van der Waals surface area contributed by atoms with Gasteiger partial charge in [0.2, 0.25) is 0 Å². The van der Waals surface area contributed by atoms with Crippen molar-refractivity contribution in [2.75, 3.05) is 5.73 Å². The van der Waals surface area contributed by atoms with Gasteiger partial charge in [-0.05, 0) is 36.7 Å².